The zero-order valence-corrected chi connectivity index (χ0v) is 8.07. The molecular formula is C9H19NO3. The molecule has 0 spiro atoms. The Balaban J connectivity index is 3.32. The number of aliphatic hydroxyl groups is 2. The predicted octanol–water partition coefficient (Wildman–Crippen LogP) is 1.26. The van der Waals surface area contributed by atoms with Crippen LogP contribution < -0.4 is 5.73 Å². The van der Waals surface area contributed by atoms with Gasteiger partial charge in [-0.15, -0.1) is 0 Å². The minimum absolute atomic E-state index is 0.0597. The Hall–Kier alpha value is -0.740. The molecule has 0 aromatic carbocycles. The van der Waals surface area contributed by atoms with Crippen molar-refractivity contribution in [3.8, 4) is 0 Å². The van der Waals surface area contributed by atoms with Crippen LogP contribution in [0.25, 0.3) is 0 Å². The van der Waals surface area contributed by atoms with Crippen LogP contribution in [0.2, 0.25) is 0 Å². The minimum Gasteiger partial charge on any atom is -0.514 e. The quantitative estimate of drug-likeness (QED) is 0.320. The largest absolute Gasteiger partial charge is 0.514 e. The molecular weight excluding hydrogens is 170 g/mol. The van der Waals surface area contributed by atoms with E-state index in [1.165, 1.54) is 12.8 Å². The summed E-state index contributed by atoms with van der Waals surface area (Å²) in [6.07, 6.45) is 3.81. The third-order valence-corrected chi connectivity index (χ3v) is 1.71. The van der Waals surface area contributed by atoms with Crippen LogP contribution >= 0.6 is 0 Å². The molecule has 0 heterocycles. The van der Waals surface area contributed by atoms with Crippen molar-refractivity contribution in [2.24, 2.45) is 5.73 Å². The molecule has 4 heteroatoms. The highest BCUT2D eigenvalue weighted by molar-refractivity contribution is 4.93. The summed E-state index contributed by atoms with van der Waals surface area (Å²) in [5.74, 6) is 0. The van der Waals surface area contributed by atoms with E-state index in [0.717, 1.165) is 12.8 Å². The maximum atomic E-state index is 9.10. The fourth-order valence-corrected chi connectivity index (χ4v) is 0.884. The summed E-state index contributed by atoms with van der Waals surface area (Å²) < 4.78 is 4.94. The fraction of sp³-hybridized carbons (Fsp3) is 0.778. The van der Waals surface area contributed by atoms with Crippen LogP contribution in [0.15, 0.2) is 12.0 Å². The molecule has 0 aliphatic rings. The van der Waals surface area contributed by atoms with Gasteiger partial charge in [-0.25, -0.2) is 0 Å². The average Bonchev–Trinajstić information content (AvgIpc) is 2.16. The van der Waals surface area contributed by atoms with E-state index in [1.54, 1.807) is 0 Å². The molecule has 1 atom stereocenters. The SMILES string of the molecule is CCCCCCOC(O)C(N)=CO. The van der Waals surface area contributed by atoms with Gasteiger partial charge in [-0.1, -0.05) is 26.2 Å². The maximum absolute atomic E-state index is 9.10. The lowest BCUT2D eigenvalue weighted by Crippen LogP contribution is -2.21. The van der Waals surface area contributed by atoms with E-state index < -0.39 is 6.29 Å². The zero-order chi connectivity index (χ0) is 10.1. The van der Waals surface area contributed by atoms with Gasteiger partial charge in [0.15, 0.2) is 6.29 Å². The summed E-state index contributed by atoms with van der Waals surface area (Å²) in [4.78, 5) is 0. The van der Waals surface area contributed by atoms with Crippen molar-refractivity contribution in [3.63, 3.8) is 0 Å². The Morgan fingerprint density at radius 3 is 2.69 bits per heavy atom. The van der Waals surface area contributed by atoms with Crippen LogP contribution in [0.1, 0.15) is 32.6 Å². The van der Waals surface area contributed by atoms with Crippen molar-refractivity contribution >= 4 is 0 Å². The van der Waals surface area contributed by atoms with Gasteiger partial charge in [-0.2, -0.15) is 0 Å². The van der Waals surface area contributed by atoms with Crippen LogP contribution in [-0.2, 0) is 4.74 Å². The van der Waals surface area contributed by atoms with Crippen molar-refractivity contribution in [1.82, 2.24) is 0 Å². The first-order valence-corrected chi connectivity index (χ1v) is 4.61. The van der Waals surface area contributed by atoms with Gasteiger partial charge in [0, 0.05) is 0 Å². The second kappa shape index (κ2) is 7.89. The summed E-state index contributed by atoms with van der Waals surface area (Å²) in [5, 5.41) is 17.5. The van der Waals surface area contributed by atoms with Gasteiger partial charge in [0.05, 0.1) is 12.3 Å². The number of hydrogen-bond donors (Lipinski definition) is 3. The highest BCUT2D eigenvalue weighted by Gasteiger charge is 2.06. The Morgan fingerprint density at radius 2 is 2.15 bits per heavy atom. The molecule has 13 heavy (non-hydrogen) atoms. The summed E-state index contributed by atoms with van der Waals surface area (Å²) in [6.45, 7) is 2.60. The summed E-state index contributed by atoms with van der Waals surface area (Å²) in [5.41, 5.74) is 5.13. The molecule has 0 aliphatic heterocycles. The molecule has 4 nitrogen and oxygen atoms in total. The third-order valence-electron chi connectivity index (χ3n) is 1.71. The second-order valence-corrected chi connectivity index (χ2v) is 2.91. The molecule has 0 amide bonds. The molecule has 0 fully saturated rings. The van der Waals surface area contributed by atoms with Crippen molar-refractivity contribution in [1.29, 1.82) is 0 Å². The molecule has 0 aromatic heterocycles. The fourth-order valence-electron chi connectivity index (χ4n) is 0.884. The first kappa shape index (κ1) is 12.3. The minimum atomic E-state index is -1.17. The van der Waals surface area contributed by atoms with Crippen LogP contribution in [0.3, 0.4) is 0 Å². The highest BCUT2D eigenvalue weighted by Crippen LogP contribution is 2.02. The molecule has 0 radical (unpaired) electrons. The van der Waals surface area contributed by atoms with Crippen molar-refractivity contribution in [2.75, 3.05) is 6.61 Å². The van der Waals surface area contributed by atoms with E-state index in [0.29, 0.717) is 12.9 Å². The van der Waals surface area contributed by atoms with Gasteiger partial charge in [0.1, 0.15) is 6.26 Å². The van der Waals surface area contributed by atoms with Crippen LogP contribution in [0, 0.1) is 0 Å². The summed E-state index contributed by atoms with van der Waals surface area (Å²) >= 11 is 0. The van der Waals surface area contributed by atoms with Gasteiger partial charge in [-0.3, -0.25) is 0 Å². The van der Waals surface area contributed by atoms with Gasteiger partial charge < -0.3 is 20.7 Å². The van der Waals surface area contributed by atoms with E-state index in [-0.39, 0.29) is 5.70 Å². The molecule has 0 aliphatic carbocycles. The van der Waals surface area contributed by atoms with Gasteiger partial charge in [-0.05, 0) is 6.42 Å². The van der Waals surface area contributed by atoms with Crippen LogP contribution in [0.5, 0.6) is 0 Å². The second-order valence-electron chi connectivity index (χ2n) is 2.91. The molecule has 0 aromatic rings. The van der Waals surface area contributed by atoms with Crippen molar-refractivity contribution in [3.05, 3.63) is 12.0 Å². The lowest BCUT2D eigenvalue weighted by atomic mass is 10.2. The van der Waals surface area contributed by atoms with Gasteiger partial charge in [0.25, 0.3) is 0 Å². The molecule has 0 rings (SSSR count). The number of nitrogens with two attached hydrogens (primary N) is 1. The smallest absolute Gasteiger partial charge is 0.198 e. The van der Waals surface area contributed by atoms with E-state index in [2.05, 4.69) is 6.92 Å². The molecule has 1 unspecified atom stereocenters. The predicted molar refractivity (Wildman–Crippen MR) is 51.0 cm³/mol. The Labute approximate surface area is 79.0 Å². The first-order chi connectivity index (χ1) is 6.22. The molecule has 0 bridgehead atoms. The van der Waals surface area contributed by atoms with E-state index in [4.69, 9.17) is 20.7 Å². The topological polar surface area (TPSA) is 75.7 Å². The Bertz CT molecular complexity index is 148. The third kappa shape index (κ3) is 6.42. The normalized spacial score (nSPS) is 14.5. The van der Waals surface area contributed by atoms with E-state index in [9.17, 15) is 0 Å². The first-order valence-electron chi connectivity index (χ1n) is 4.61. The highest BCUT2D eigenvalue weighted by atomic mass is 16.6. The number of unbranched alkanes of at least 4 members (excludes halogenated alkanes) is 3. The number of ether oxygens (including phenoxy) is 1. The van der Waals surface area contributed by atoms with Crippen molar-refractivity contribution < 1.29 is 14.9 Å². The van der Waals surface area contributed by atoms with Crippen LogP contribution in [0.4, 0.5) is 0 Å². The van der Waals surface area contributed by atoms with E-state index in [1.807, 2.05) is 0 Å². The number of rotatable bonds is 7. The summed E-state index contributed by atoms with van der Waals surface area (Å²) in [7, 11) is 0. The maximum Gasteiger partial charge on any atom is 0.198 e. The Kier molecular flexibility index (Phi) is 7.44. The molecule has 78 valence electrons. The van der Waals surface area contributed by atoms with E-state index >= 15 is 0 Å². The molecule has 4 N–H and O–H groups in total. The zero-order valence-electron chi connectivity index (χ0n) is 8.07. The molecule has 0 saturated carbocycles. The van der Waals surface area contributed by atoms with Crippen LogP contribution in [-0.4, -0.2) is 23.1 Å². The lowest BCUT2D eigenvalue weighted by Gasteiger charge is -2.10. The monoisotopic (exact) mass is 189 g/mol. The molecule has 0 saturated heterocycles. The van der Waals surface area contributed by atoms with Gasteiger partial charge >= 0.3 is 0 Å². The lowest BCUT2D eigenvalue weighted by molar-refractivity contribution is -0.0751. The standard InChI is InChI=1S/C9H19NO3/c1-2-3-4-5-6-13-9(12)8(10)7-11/h7,9,11-12H,2-6,10H2,1H3. The number of hydrogen-bond acceptors (Lipinski definition) is 4. The van der Waals surface area contributed by atoms with Gasteiger partial charge in [0.2, 0.25) is 0 Å². The average molecular weight is 189 g/mol. The number of aliphatic hydroxyl groups excluding tert-OH is 2. The van der Waals surface area contributed by atoms with Crippen molar-refractivity contribution in [2.45, 2.75) is 38.9 Å². The summed E-state index contributed by atoms with van der Waals surface area (Å²) in [6, 6.07) is 0. The Morgan fingerprint density at radius 1 is 1.46 bits per heavy atom.